The first-order chi connectivity index (χ1) is 10.8. The fourth-order valence-electron chi connectivity index (χ4n) is 2.71. The van der Waals surface area contributed by atoms with Crippen LogP contribution < -0.4 is 11.1 Å². The molecule has 3 rings (SSSR count). The summed E-state index contributed by atoms with van der Waals surface area (Å²) in [5.74, 6) is -0.483. The SMILES string of the molecule is CC(C)(C)OC(=O)N1CCNCC1c1ccc2[nH]c(=O)oc2c1. The van der Waals surface area contributed by atoms with Crippen LogP contribution in [0.25, 0.3) is 11.1 Å². The van der Waals surface area contributed by atoms with Gasteiger partial charge in [0.15, 0.2) is 5.58 Å². The van der Waals surface area contributed by atoms with Gasteiger partial charge < -0.3 is 14.5 Å². The number of ether oxygens (including phenoxy) is 1. The zero-order valence-corrected chi connectivity index (χ0v) is 13.5. The van der Waals surface area contributed by atoms with E-state index < -0.39 is 11.4 Å². The summed E-state index contributed by atoms with van der Waals surface area (Å²) in [6, 6.07) is 5.31. The molecule has 1 aromatic heterocycles. The van der Waals surface area contributed by atoms with E-state index in [0.717, 1.165) is 12.1 Å². The van der Waals surface area contributed by atoms with E-state index in [4.69, 9.17) is 9.15 Å². The normalized spacial score (nSPS) is 19.1. The van der Waals surface area contributed by atoms with Crippen molar-refractivity contribution in [3.05, 3.63) is 34.3 Å². The summed E-state index contributed by atoms with van der Waals surface area (Å²) in [4.78, 5) is 28.1. The number of benzene rings is 1. The van der Waals surface area contributed by atoms with Crippen molar-refractivity contribution in [2.45, 2.75) is 32.4 Å². The second-order valence-electron chi connectivity index (χ2n) is 6.66. The summed E-state index contributed by atoms with van der Waals surface area (Å²) < 4.78 is 10.6. The van der Waals surface area contributed by atoms with E-state index in [-0.39, 0.29) is 12.1 Å². The largest absolute Gasteiger partial charge is 0.444 e. The molecule has 1 amide bonds. The van der Waals surface area contributed by atoms with Gasteiger partial charge in [-0.1, -0.05) is 6.07 Å². The number of hydrogen-bond donors (Lipinski definition) is 2. The van der Waals surface area contributed by atoms with Crippen LogP contribution >= 0.6 is 0 Å². The summed E-state index contributed by atoms with van der Waals surface area (Å²) in [5, 5.41) is 3.28. The Bertz CT molecular complexity index is 771. The molecular weight excluding hydrogens is 298 g/mol. The first-order valence-electron chi connectivity index (χ1n) is 7.66. The van der Waals surface area contributed by atoms with Crippen molar-refractivity contribution < 1.29 is 13.9 Å². The lowest BCUT2D eigenvalue weighted by molar-refractivity contribution is 0.0118. The second-order valence-corrected chi connectivity index (χ2v) is 6.66. The van der Waals surface area contributed by atoms with Crippen molar-refractivity contribution in [2.75, 3.05) is 19.6 Å². The van der Waals surface area contributed by atoms with Crippen molar-refractivity contribution in [1.29, 1.82) is 0 Å². The van der Waals surface area contributed by atoms with Crippen LogP contribution in [0, 0.1) is 0 Å². The molecule has 1 aliphatic rings. The van der Waals surface area contributed by atoms with Crippen LogP contribution in [0.1, 0.15) is 32.4 Å². The molecule has 23 heavy (non-hydrogen) atoms. The summed E-state index contributed by atoms with van der Waals surface area (Å²) in [5.41, 5.74) is 1.50. The van der Waals surface area contributed by atoms with Gasteiger partial charge in [-0.25, -0.2) is 9.59 Å². The predicted octanol–water partition coefficient (Wildman–Crippen LogP) is 2.00. The number of nitrogens with one attached hydrogen (secondary N) is 2. The molecule has 0 bridgehead atoms. The molecule has 1 aromatic carbocycles. The first kappa shape index (κ1) is 15.6. The number of piperazine rings is 1. The van der Waals surface area contributed by atoms with Crippen LogP contribution in [0.4, 0.5) is 4.79 Å². The van der Waals surface area contributed by atoms with Gasteiger partial charge in [0.2, 0.25) is 0 Å². The maximum Gasteiger partial charge on any atom is 0.417 e. The Morgan fingerprint density at radius 1 is 1.39 bits per heavy atom. The highest BCUT2D eigenvalue weighted by molar-refractivity contribution is 5.74. The molecule has 1 fully saturated rings. The van der Waals surface area contributed by atoms with Gasteiger partial charge in [0.25, 0.3) is 0 Å². The van der Waals surface area contributed by atoms with E-state index in [1.807, 2.05) is 26.8 Å². The Hall–Kier alpha value is -2.28. The average Bonchev–Trinajstić information content (AvgIpc) is 2.84. The number of rotatable bonds is 1. The summed E-state index contributed by atoms with van der Waals surface area (Å²) in [6.45, 7) is 7.46. The van der Waals surface area contributed by atoms with E-state index in [0.29, 0.717) is 24.2 Å². The Labute approximate surface area is 133 Å². The molecule has 1 atom stereocenters. The van der Waals surface area contributed by atoms with E-state index >= 15 is 0 Å². The molecule has 2 N–H and O–H groups in total. The van der Waals surface area contributed by atoms with Crippen LogP contribution in [0.3, 0.4) is 0 Å². The molecule has 2 heterocycles. The number of carbonyl (C=O) groups is 1. The topological polar surface area (TPSA) is 87.6 Å². The quantitative estimate of drug-likeness (QED) is 0.839. The highest BCUT2D eigenvalue weighted by Gasteiger charge is 2.31. The lowest BCUT2D eigenvalue weighted by Crippen LogP contribution is -2.50. The molecule has 1 saturated heterocycles. The van der Waals surface area contributed by atoms with Gasteiger partial charge in [-0.3, -0.25) is 9.88 Å². The number of oxazole rings is 1. The Balaban J connectivity index is 1.90. The van der Waals surface area contributed by atoms with Gasteiger partial charge in [-0.2, -0.15) is 0 Å². The van der Waals surface area contributed by atoms with Crippen LogP contribution in [0.5, 0.6) is 0 Å². The third-order valence-electron chi connectivity index (χ3n) is 3.70. The van der Waals surface area contributed by atoms with Crippen LogP contribution in [-0.2, 0) is 4.74 Å². The van der Waals surface area contributed by atoms with Crippen molar-refractivity contribution in [2.24, 2.45) is 0 Å². The summed E-state index contributed by atoms with van der Waals surface area (Å²) in [6.07, 6.45) is -0.334. The van der Waals surface area contributed by atoms with Crippen LogP contribution in [0.2, 0.25) is 0 Å². The van der Waals surface area contributed by atoms with Gasteiger partial charge in [0.05, 0.1) is 11.6 Å². The second kappa shape index (κ2) is 5.73. The molecule has 2 aromatic rings. The number of hydrogen-bond acceptors (Lipinski definition) is 5. The van der Waals surface area contributed by atoms with E-state index in [1.54, 1.807) is 17.0 Å². The molecule has 0 aliphatic carbocycles. The first-order valence-corrected chi connectivity index (χ1v) is 7.66. The number of nitrogens with zero attached hydrogens (tertiary/aromatic N) is 1. The van der Waals surface area contributed by atoms with E-state index in [9.17, 15) is 9.59 Å². The highest BCUT2D eigenvalue weighted by atomic mass is 16.6. The highest BCUT2D eigenvalue weighted by Crippen LogP contribution is 2.26. The Kier molecular flexibility index (Phi) is 3.89. The summed E-state index contributed by atoms with van der Waals surface area (Å²) >= 11 is 0. The standard InChI is InChI=1S/C16H21N3O4/c1-16(2,3)23-15(21)19-7-6-17-9-12(19)10-4-5-11-13(8-10)22-14(20)18-11/h4-5,8,12,17H,6-7,9H2,1-3H3,(H,18,20). The van der Waals surface area contributed by atoms with Gasteiger partial charge in [-0.05, 0) is 38.5 Å². The Morgan fingerprint density at radius 2 is 2.17 bits per heavy atom. The lowest BCUT2D eigenvalue weighted by Gasteiger charge is -2.37. The van der Waals surface area contributed by atoms with E-state index in [1.165, 1.54) is 0 Å². The van der Waals surface area contributed by atoms with Crippen molar-refractivity contribution in [3.63, 3.8) is 0 Å². The van der Waals surface area contributed by atoms with Crippen molar-refractivity contribution in [3.8, 4) is 0 Å². The molecule has 7 nitrogen and oxygen atoms in total. The molecule has 7 heteroatoms. The number of aromatic nitrogens is 1. The third kappa shape index (κ3) is 3.39. The molecule has 124 valence electrons. The predicted molar refractivity (Wildman–Crippen MR) is 85.4 cm³/mol. The fraction of sp³-hybridized carbons (Fsp3) is 0.500. The molecule has 0 spiro atoms. The monoisotopic (exact) mass is 319 g/mol. The van der Waals surface area contributed by atoms with Crippen LogP contribution in [-0.4, -0.2) is 41.2 Å². The molecule has 0 radical (unpaired) electrons. The maximum atomic E-state index is 12.5. The van der Waals surface area contributed by atoms with E-state index in [2.05, 4.69) is 10.3 Å². The molecule has 1 aliphatic heterocycles. The number of fused-ring (bicyclic) bond motifs is 1. The Morgan fingerprint density at radius 3 is 2.91 bits per heavy atom. The number of H-pyrrole nitrogens is 1. The van der Waals surface area contributed by atoms with Crippen molar-refractivity contribution >= 4 is 17.2 Å². The van der Waals surface area contributed by atoms with Gasteiger partial charge in [0, 0.05) is 19.6 Å². The van der Waals surface area contributed by atoms with Gasteiger partial charge >= 0.3 is 11.8 Å². The lowest BCUT2D eigenvalue weighted by atomic mass is 10.0. The molecule has 0 saturated carbocycles. The molecule has 1 unspecified atom stereocenters. The zero-order chi connectivity index (χ0) is 16.6. The van der Waals surface area contributed by atoms with Crippen molar-refractivity contribution in [1.82, 2.24) is 15.2 Å². The minimum Gasteiger partial charge on any atom is -0.444 e. The van der Waals surface area contributed by atoms with Gasteiger partial charge in [0.1, 0.15) is 5.60 Å². The van der Waals surface area contributed by atoms with Gasteiger partial charge in [-0.15, -0.1) is 0 Å². The third-order valence-corrected chi connectivity index (χ3v) is 3.70. The van der Waals surface area contributed by atoms with Crippen LogP contribution in [0.15, 0.2) is 27.4 Å². The minimum absolute atomic E-state index is 0.164. The molecular formula is C16H21N3O4. The number of aromatic amines is 1. The number of amides is 1. The zero-order valence-electron chi connectivity index (χ0n) is 13.5. The smallest absolute Gasteiger partial charge is 0.417 e. The minimum atomic E-state index is -0.538. The maximum absolute atomic E-state index is 12.5. The average molecular weight is 319 g/mol. The summed E-state index contributed by atoms with van der Waals surface area (Å²) in [7, 11) is 0. The number of carbonyl (C=O) groups excluding carboxylic acids is 1. The fourth-order valence-corrected chi connectivity index (χ4v) is 2.71.